The van der Waals surface area contributed by atoms with Crippen molar-refractivity contribution in [3.05, 3.63) is 6.08 Å². The van der Waals surface area contributed by atoms with Crippen LogP contribution in [0.25, 0.3) is 0 Å². The highest BCUT2D eigenvalue weighted by Gasteiger charge is 2.16. The molecule has 0 radical (unpaired) electrons. The first-order valence-corrected chi connectivity index (χ1v) is 4.79. The Kier molecular flexibility index (Phi) is 5.57. The highest BCUT2D eigenvalue weighted by Crippen LogP contribution is 2.01. The highest BCUT2D eigenvalue weighted by molar-refractivity contribution is 7.67. The molecule has 76 valence electrons. The van der Waals surface area contributed by atoms with Crippen LogP contribution in [0.4, 0.5) is 0 Å². The first-order valence-electron chi connectivity index (χ1n) is 3.69. The van der Waals surface area contributed by atoms with Crippen molar-refractivity contribution in [2.24, 2.45) is 0 Å². The molecule has 0 spiro atoms. The van der Waals surface area contributed by atoms with E-state index in [1.54, 1.807) is 19.8 Å². The second kappa shape index (κ2) is 5.88. The smallest absolute Gasteiger partial charge is 0.257 e. The highest BCUT2D eigenvalue weighted by atomic mass is 32.2. The van der Waals surface area contributed by atoms with Crippen LogP contribution in [-0.2, 0) is 20.0 Å². The summed E-state index contributed by atoms with van der Waals surface area (Å²) < 4.78 is 24.6. The van der Waals surface area contributed by atoms with Crippen LogP contribution in [0.1, 0.15) is 13.8 Å². The van der Waals surface area contributed by atoms with Crippen LogP contribution in [0, 0.1) is 0 Å². The van der Waals surface area contributed by atoms with Gasteiger partial charge in [-0.25, -0.2) is 13.2 Å². The van der Waals surface area contributed by atoms with E-state index in [-0.39, 0.29) is 6.61 Å². The molecule has 0 unspecified atom stereocenters. The first kappa shape index (κ1) is 12.3. The SMILES string of the molecule is CC(C)(CO[SH](=O)=O)NCC=C=O. The minimum Gasteiger partial charge on any atom is -0.305 e. The van der Waals surface area contributed by atoms with Crippen molar-refractivity contribution in [3.63, 3.8) is 0 Å². The van der Waals surface area contributed by atoms with Gasteiger partial charge in [-0.3, -0.25) is 4.18 Å². The van der Waals surface area contributed by atoms with Gasteiger partial charge in [0, 0.05) is 18.2 Å². The average Bonchev–Trinajstić information content (AvgIpc) is 2.02. The maximum atomic E-state index is 10.1. The van der Waals surface area contributed by atoms with Crippen molar-refractivity contribution >= 4 is 16.9 Å². The summed E-state index contributed by atoms with van der Waals surface area (Å²) >= 11 is 0. The van der Waals surface area contributed by atoms with Gasteiger partial charge in [-0.1, -0.05) is 0 Å². The molecule has 0 fully saturated rings. The fourth-order valence-electron chi connectivity index (χ4n) is 0.634. The summed E-state index contributed by atoms with van der Waals surface area (Å²) in [4.78, 5) is 9.81. The van der Waals surface area contributed by atoms with E-state index < -0.39 is 16.5 Å². The topological polar surface area (TPSA) is 72.5 Å². The van der Waals surface area contributed by atoms with Gasteiger partial charge >= 0.3 is 0 Å². The number of thiol groups is 1. The van der Waals surface area contributed by atoms with E-state index in [9.17, 15) is 13.2 Å². The summed E-state index contributed by atoms with van der Waals surface area (Å²) in [6, 6.07) is 0. The Bertz CT molecular complexity index is 258. The monoisotopic (exact) mass is 207 g/mol. The molecule has 0 aromatic rings. The Morgan fingerprint density at radius 3 is 2.62 bits per heavy atom. The largest absolute Gasteiger partial charge is 0.305 e. The summed E-state index contributed by atoms with van der Waals surface area (Å²) in [7, 11) is -2.81. The molecule has 6 heteroatoms. The molecule has 0 atom stereocenters. The molecule has 0 aliphatic carbocycles. The molecule has 13 heavy (non-hydrogen) atoms. The molecular weight excluding hydrogens is 194 g/mol. The summed E-state index contributed by atoms with van der Waals surface area (Å²) in [6.45, 7) is 3.92. The molecule has 0 rings (SSSR count). The lowest BCUT2D eigenvalue weighted by atomic mass is 10.1. The Morgan fingerprint density at radius 1 is 1.54 bits per heavy atom. The molecule has 0 aliphatic heterocycles. The minimum absolute atomic E-state index is 0.0401. The molecule has 0 bridgehead atoms. The fourth-order valence-corrected chi connectivity index (χ4v) is 1.06. The van der Waals surface area contributed by atoms with E-state index in [0.29, 0.717) is 6.54 Å². The molecular formula is C7H13NO4S. The standard InChI is InChI=1S/C7H13NO4S/c1-7(2,6-12-13(10)11)8-4-3-5-9/h3,8,13H,4,6H2,1-2H3. The van der Waals surface area contributed by atoms with Crippen LogP contribution in [0.5, 0.6) is 0 Å². The minimum atomic E-state index is -2.81. The second-order valence-electron chi connectivity index (χ2n) is 3.08. The number of hydrogen-bond donors (Lipinski definition) is 2. The Balaban J connectivity index is 3.85. The molecule has 0 aromatic carbocycles. The van der Waals surface area contributed by atoms with Crippen molar-refractivity contribution in [1.29, 1.82) is 0 Å². The number of carbonyl (C=O) groups excluding carboxylic acids is 1. The predicted molar refractivity (Wildman–Crippen MR) is 48.6 cm³/mol. The summed E-state index contributed by atoms with van der Waals surface area (Å²) in [5, 5.41) is 2.90. The zero-order valence-corrected chi connectivity index (χ0v) is 8.47. The molecule has 0 aromatic heterocycles. The number of rotatable bonds is 6. The van der Waals surface area contributed by atoms with Gasteiger partial charge in [0.2, 0.25) is 0 Å². The van der Waals surface area contributed by atoms with Gasteiger partial charge in [0.05, 0.1) is 6.61 Å². The van der Waals surface area contributed by atoms with Gasteiger partial charge in [-0.2, -0.15) is 0 Å². The van der Waals surface area contributed by atoms with Crippen LogP contribution in [0.15, 0.2) is 6.08 Å². The summed E-state index contributed by atoms with van der Waals surface area (Å²) in [5.41, 5.74) is -0.483. The molecule has 0 heterocycles. The second-order valence-corrected chi connectivity index (χ2v) is 3.79. The predicted octanol–water partition coefficient (Wildman–Crippen LogP) is -0.715. The van der Waals surface area contributed by atoms with Gasteiger partial charge in [-0.15, -0.1) is 0 Å². The van der Waals surface area contributed by atoms with E-state index >= 15 is 0 Å². The lowest BCUT2D eigenvalue weighted by Gasteiger charge is -2.23. The summed E-state index contributed by atoms with van der Waals surface area (Å²) in [5.74, 6) is 1.61. The van der Waals surface area contributed by atoms with Crippen LogP contribution in [0.2, 0.25) is 0 Å². The van der Waals surface area contributed by atoms with E-state index in [1.807, 2.05) is 0 Å². The van der Waals surface area contributed by atoms with Gasteiger partial charge in [0.15, 0.2) is 0 Å². The number of hydrogen-bond acceptors (Lipinski definition) is 5. The molecule has 0 amide bonds. The fraction of sp³-hybridized carbons (Fsp3) is 0.714. The van der Waals surface area contributed by atoms with Gasteiger partial charge < -0.3 is 5.32 Å². The van der Waals surface area contributed by atoms with Crippen molar-refractivity contribution < 1.29 is 17.4 Å². The lowest BCUT2D eigenvalue weighted by Crippen LogP contribution is -2.43. The van der Waals surface area contributed by atoms with Crippen molar-refractivity contribution in [2.75, 3.05) is 13.2 Å². The van der Waals surface area contributed by atoms with Crippen LogP contribution in [0.3, 0.4) is 0 Å². The van der Waals surface area contributed by atoms with Gasteiger partial charge in [-0.05, 0) is 13.8 Å². The zero-order chi connectivity index (χ0) is 10.3. The van der Waals surface area contributed by atoms with Gasteiger partial charge in [0.1, 0.15) is 5.94 Å². The zero-order valence-electron chi connectivity index (χ0n) is 7.57. The van der Waals surface area contributed by atoms with E-state index in [2.05, 4.69) is 9.50 Å². The van der Waals surface area contributed by atoms with Crippen LogP contribution < -0.4 is 5.32 Å². The van der Waals surface area contributed by atoms with Crippen LogP contribution in [-0.4, -0.2) is 33.0 Å². The summed E-state index contributed by atoms with van der Waals surface area (Å²) in [6.07, 6.45) is 1.28. The van der Waals surface area contributed by atoms with Crippen molar-refractivity contribution in [3.8, 4) is 0 Å². The molecule has 0 saturated carbocycles. The Labute approximate surface area is 78.9 Å². The molecule has 5 nitrogen and oxygen atoms in total. The normalized spacial score (nSPS) is 11.3. The molecule has 0 saturated heterocycles. The maximum absolute atomic E-state index is 10.1. The van der Waals surface area contributed by atoms with Crippen LogP contribution >= 0.6 is 0 Å². The van der Waals surface area contributed by atoms with Crippen molar-refractivity contribution in [1.82, 2.24) is 5.32 Å². The number of nitrogens with one attached hydrogen (secondary N) is 1. The average molecular weight is 207 g/mol. The molecule has 1 N–H and O–H groups in total. The molecule has 0 aliphatic rings. The first-order chi connectivity index (χ1) is 5.98. The van der Waals surface area contributed by atoms with Gasteiger partial charge in [0.25, 0.3) is 11.0 Å². The lowest BCUT2D eigenvalue weighted by molar-refractivity contribution is 0.226. The third-order valence-corrected chi connectivity index (χ3v) is 1.64. The Hall–Kier alpha value is -0.680. The van der Waals surface area contributed by atoms with Crippen molar-refractivity contribution in [2.45, 2.75) is 19.4 Å². The van der Waals surface area contributed by atoms with E-state index in [1.165, 1.54) is 6.08 Å². The van der Waals surface area contributed by atoms with E-state index in [4.69, 9.17) is 0 Å². The van der Waals surface area contributed by atoms with E-state index in [0.717, 1.165) is 0 Å². The Morgan fingerprint density at radius 2 is 2.15 bits per heavy atom. The third-order valence-electron chi connectivity index (χ3n) is 1.30. The maximum Gasteiger partial charge on any atom is 0.257 e. The third kappa shape index (κ3) is 7.67. The quantitative estimate of drug-likeness (QED) is 0.444.